The molecule has 2 atom stereocenters. The molecule has 0 saturated heterocycles. The highest BCUT2D eigenvalue weighted by molar-refractivity contribution is 8.13. The molecule has 1 aliphatic heterocycles. The van der Waals surface area contributed by atoms with Gasteiger partial charge in [0.1, 0.15) is 6.04 Å². The molecule has 3 aromatic carbocycles. The third kappa shape index (κ3) is 4.32. The number of amidine groups is 1. The first-order valence-corrected chi connectivity index (χ1v) is 10.5. The molecule has 4 rings (SSSR count). The van der Waals surface area contributed by atoms with Crippen LogP contribution in [-0.4, -0.2) is 5.17 Å². The fourth-order valence-electron chi connectivity index (χ4n) is 3.16. The van der Waals surface area contributed by atoms with Crippen LogP contribution in [0.25, 0.3) is 0 Å². The van der Waals surface area contributed by atoms with Crippen LogP contribution in [0.4, 0.5) is 0 Å². The van der Waals surface area contributed by atoms with Gasteiger partial charge in [-0.3, -0.25) is 4.99 Å². The van der Waals surface area contributed by atoms with Gasteiger partial charge in [-0.2, -0.15) is 0 Å². The number of aliphatic imine (C=N–C) groups is 1. The van der Waals surface area contributed by atoms with Gasteiger partial charge < -0.3 is 5.32 Å². The number of nitrogens with one attached hydrogen (secondary N) is 1. The van der Waals surface area contributed by atoms with E-state index in [0.29, 0.717) is 10.0 Å². The summed E-state index contributed by atoms with van der Waals surface area (Å²) in [6.07, 6.45) is 0. The zero-order valence-corrected chi connectivity index (χ0v) is 16.8. The van der Waals surface area contributed by atoms with Crippen LogP contribution in [0.3, 0.4) is 0 Å². The fourth-order valence-corrected chi connectivity index (χ4v) is 4.65. The van der Waals surface area contributed by atoms with Crippen LogP contribution in [0.1, 0.15) is 28.8 Å². The number of halogens is 2. The Morgan fingerprint density at radius 1 is 0.852 bits per heavy atom. The van der Waals surface area contributed by atoms with Crippen LogP contribution < -0.4 is 5.32 Å². The third-order valence-corrected chi connectivity index (χ3v) is 6.07. The molecule has 2 unspecified atom stereocenters. The maximum Gasteiger partial charge on any atom is 0.158 e. The Hall–Kier alpha value is -1.94. The molecular weight excluding hydrogens is 395 g/mol. The van der Waals surface area contributed by atoms with Crippen molar-refractivity contribution in [2.24, 2.45) is 4.99 Å². The molecule has 0 amide bonds. The second kappa shape index (κ2) is 8.39. The lowest BCUT2D eigenvalue weighted by Gasteiger charge is -2.19. The number of nitrogens with zero attached hydrogens (tertiary/aromatic N) is 1. The molecule has 0 radical (unpaired) electrons. The molecule has 1 aliphatic rings. The van der Waals surface area contributed by atoms with E-state index in [1.54, 1.807) is 17.8 Å². The Kier molecular flexibility index (Phi) is 5.72. The zero-order chi connectivity index (χ0) is 18.6. The van der Waals surface area contributed by atoms with Crippen molar-refractivity contribution in [3.05, 3.63) is 106 Å². The topological polar surface area (TPSA) is 24.4 Å². The standard InChI is InChI=1S/C22H18Cl2N2S/c23-18-12-11-17(19(24)13-18)14-27-22-25-20(15-7-3-1-4-8-15)21(26-22)16-9-5-2-6-10-16/h1-13,20-21H,14H2,(H,25,26). The van der Waals surface area contributed by atoms with Crippen LogP contribution >= 0.6 is 35.0 Å². The van der Waals surface area contributed by atoms with E-state index in [0.717, 1.165) is 16.5 Å². The Labute approximate surface area is 173 Å². The molecule has 0 saturated carbocycles. The van der Waals surface area contributed by atoms with E-state index in [1.165, 1.54) is 11.1 Å². The summed E-state index contributed by atoms with van der Waals surface area (Å²) in [6, 6.07) is 26.7. The first-order valence-electron chi connectivity index (χ1n) is 8.71. The maximum absolute atomic E-state index is 6.31. The van der Waals surface area contributed by atoms with Crippen LogP contribution in [0.15, 0.2) is 83.9 Å². The van der Waals surface area contributed by atoms with Crippen molar-refractivity contribution < 1.29 is 0 Å². The molecule has 5 heteroatoms. The summed E-state index contributed by atoms with van der Waals surface area (Å²) in [7, 11) is 0. The van der Waals surface area contributed by atoms with Gasteiger partial charge in [0.25, 0.3) is 0 Å². The highest BCUT2D eigenvalue weighted by Gasteiger charge is 2.31. The van der Waals surface area contributed by atoms with Crippen LogP contribution in [0, 0.1) is 0 Å². The van der Waals surface area contributed by atoms with Gasteiger partial charge in [0.15, 0.2) is 5.17 Å². The van der Waals surface area contributed by atoms with Crippen molar-refractivity contribution in [1.29, 1.82) is 0 Å². The van der Waals surface area contributed by atoms with Gasteiger partial charge in [-0.15, -0.1) is 0 Å². The average Bonchev–Trinajstić information content (AvgIpc) is 3.13. The zero-order valence-electron chi connectivity index (χ0n) is 14.5. The molecule has 136 valence electrons. The van der Waals surface area contributed by atoms with E-state index < -0.39 is 0 Å². The minimum Gasteiger partial charge on any atom is -0.356 e. The van der Waals surface area contributed by atoms with Gasteiger partial charge >= 0.3 is 0 Å². The summed E-state index contributed by atoms with van der Waals surface area (Å²) >= 11 is 14.0. The molecule has 0 spiro atoms. The largest absolute Gasteiger partial charge is 0.356 e. The van der Waals surface area contributed by atoms with Gasteiger partial charge in [-0.05, 0) is 28.8 Å². The number of rotatable bonds is 4. The van der Waals surface area contributed by atoms with Crippen molar-refractivity contribution in [3.63, 3.8) is 0 Å². The van der Waals surface area contributed by atoms with Crippen molar-refractivity contribution in [3.8, 4) is 0 Å². The molecule has 27 heavy (non-hydrogen) atoms. The second-order valence-corrected chi connectivity index (χ2v) is 8.15. The van der Waals surface area contributed by atoms with Gasteiger partial charge in [0, 0.05) is 15.8 Å². The van der Waals surface area contributed by atoms with E-state index >= 15 is 0 Å². The van der Waals surface area contributed by atoms with E-state index in [4.69, 9.17) is 28.2 Å². The summed E-state index contributed by atoms with van der Waals surface area (Å²) in [5.74, 6) is 0.741. The Morgan fingerprint density at radius 2 is 1.52 bits per heavy atom. The highest BCUT2D eigenvalue weighted by atomic mass is 35.5. The van der Waals surface area contributed by atoms with Crippen molar-refractivity contribution in [2.45, 2.75) is 17.8 Å². The molecule has 0 bridgehead atoms. The minimum atomic E-state index is 0.0526. The molecule has 3 aromatic rings. The maximum atomic E-state index is 6.31. The molecule has 0 fully saturated rings. The molecule has 0 aromatic heterocycles. The Morgan fingerprint density at radius 3 is 2.19 bits per heavy atom. The number of thioether (sulfide) groups is 1. The predicted octanol–water partition coefficient (Wildman–Crippen LogP) is 6.67. The SMILES string of the molecule is Clc1ccc(CSC2=NC(c3ccccc3)C(c3ccccc3)N2)c(Cl)c1. The lowest BCUT2D eigenvalue weighted by molar-refractivity contribution is 0.573. The number of hydrogen-bond acceptors (Lipinski definition) is 3. The molecule has 0 aliphatic carbocycles. The average molecular weight is 413 g/mol. The van der Waals surface area contributed by atoms with E-state index in [9.17, 15) is 0 Å². The number of hydrogen-bond donors (Lipinski definition) is 1. The van der Waals surface area contributed by atoms with Gasteiger partial charge in [0.05, 0.1) is 6.04 Å². The molecular formula is C22H18Cl2N2S. The minimum absolute atomic E-state index is 0.0526. The molecule has 1 N–H and O–H groups in total. The highest BCUT2D eigenvalue weighted by Crippen LogP contribution is 2.38. The molecule has 1 heterocycles. The fraction of sp³-hybridized carbons (Fsp3) is 0.136. The summed E-state index contributed by atoms with van der Waals surface area (Å²) < 4.78 is 0. The summed E-state index contributed by atoms with van der Waals surface area (Å²) in [5.41, 5.74) is 3.49. The lowest BCUT2D eigenvalue weighted by Crippen LogP contribution is -2.22. The lowest BCUT2D eigenvalue weighted by atomic mass is 9.95. The quantitative estimate of drug-likeness (QED) is 0.517. The Balaban J connectivity index is 1.56. The first kappa shape index (κ1) is 18.4. The smallest absolute Gasteiger partial charge is 0.158 e. The summed E-state index contributed by atoms with van der Waals surface area (Å²) in [6.45, 7) is 0. The van der Waals surface area contributed by atoms with Crippen LogP contribution in [0.5, 0.6) is 0 Å². The normalized spacial score (nSPS) is 18.8. The van der Waals surface area contributed by atoms with Crippen molar-refractivity contribution >= 4 is 40.1 Å². The van der Waals surface area contributed by atoms with E-state index in [1.807, 2.05) is 24.3 Å². The first-order chi connectivity index (χ1) is 13.2. The van der Waals surface area contributed by atoms with Crippen LogP contribution in [-0.2, 0) is 5.75 Å². The van der Waals surface area contributed by atoms with Crippen molar-refractivity contribution in [2.75, 3.05) is 0 Å². The monoisotopic (exact) mass is 412 g/mol. The summed E-state index contributed by atoms with van der Waals surface area (Å²) in [5, 5.41) is 5.87. The van der Waals surface area contributed by atoms with E-state index in [2.05, 4.69) is 53.8 Å². The van der Waals surface area contributed by atoms with Crippen LogP contribution in [0.2, 0.25) is 10.0 Å². The van der Waals surface area contributed by atoms with Gasteiger partial charge in [-0.25, -0.2) is 0 Å². The second-order valence-electron chi connectivity index (χ2n) is 6.35. The third-order valence-electron chi connectivity index (χ3n) is 4.53. The molecule has 2 nitrogen and oxygen atoms in total. The van der Waals surface area contributed by atoms with Gasteiger partial charge in [0.2, 0.25) is 0 Å². The van der Waals surface area contributed by atoms with Gasteiger partial charge in [-0.1, -0.05) is 102 Å². The Bertz CT molecular complexity index is 945. The summed E-state index contributed by atoms with van der Waals surface area (Å²) in [4.78, 5) is 4.98. The number of benzene rings is 3. The predicted molar refractivity (Wildman–Crippen MR) is 117 cm³/mol. The van der Waals surface area contributed by atoms with Crippen molar-refractivity contribution in [1.82, 2.24) is 5.32 Å². The van der Waals surface area contributed by atoms with E-state index in [-0.39, 0.29) is 12.1 Å².